The number of aromatic nitrogens is 2. The molecule has 1 fully saturated rings. The van der Waals surface area contributed by atoms with Gasteiger partial charge in [0.1, 0.15) is 11.3 Å². The minimum Gasteiger partial charge on any atom is -0.477 e. The van der Waals surface area contributed by atoms with Gasteiger partial charge in [0, 0.05) is 19.1 Å². The van der Waals surface area contributed by atoms with E-state index in [2.05, 4.69) is 22.1 Å². The van der Waals surface area contributed by atoms with Crippen LogP contribution in [0.15, 0.2) is 6.20 Å². The predicted octanol–water partition coefficient (Wildman–Crippen LogP) is 2.10. The molecule has 142 valence electrons. The zero-order valence-electron chi connectivity index (χ0n) is 15.7. The second kappa shape index (κ2) is 8.13. The Morgan fingerprint density at radius 2 is 2.19 bits per heavy atom. The van der Waals surface area contributed by atoms with Crippen LogP contribution in [0.2, 0.25) is 0 Å². The van der Waals surface area contributed by atoms with E-state index in [1.807, 2.05) is 25.7 Å². The minimum atomic E-state index is -1.04. The maximum Gasteiger partial charge on any atom is 0.407 e. The lowest BCUT2D eigenvalue weighted by Gasteiger charge is -2.34. The highest BCUT2D eigenvalue weighted by molar-refractivity contribution is 5.86. The highest BCUT2D eigenvalue weighted by atomic mass is 16.6. The molecule has 8 heteroatoms. The van der Waals surface area contributed by atoms with E-state index in [4.69, 9.17) is 4.74 Å². The topological polar surface area (TPSA) is 96.7 Å². The average Bonchev–Trinajstić information content (AvgIpc) is 2.95. The van der Waals surface area contributed by atoms with E-state index in [-0.39, 0.29) is 18.3 Å². The lowest BCUT2D eigenvalue weighted by atomic mass is 10.1. The lowest BCUT2D eigenvalue weighted by Crippen LogP contribution is -2.49. The highest BCUT2D eigenvalue weighted by Crippen LogP contribution is 2.21. The van der Waals surface area contributed by atoms with Gasteiger partial charge in [0.05, 0.1) is 12.7 Å². The standard InChI is InChI=1S/C18H26N4O4/c1-5-6-10-22-14(15(23)24)11-19-16(22)21-9-7-8-13(12-21)20-17(25)26-18(2,3)4/h11,13H,7-10,12H2,1-4H3,(H,20,25)(H,23,24). The van der Waals surface area contributed by atoms with Crippen LogP contribution in [-0.4, -0.2) is 51.5 Å². The van der Waals surface area contributed by atoms with Gasteiger partial charge in [-0.2, -0.15) is 0 Å². The van der Waals surface area contributed by atoms with Gasteiger partial charge in [-0.25, -0.2) is 14.6 Å². The summed E-state index contributed by atoms with van der Waals surface area (Å²) in [5, 5.41) is 12.2. The Morgan fingerprint density at radius 3 is 2.81 bits per heavy atom. The SMILES string of the molecule is CC#CCn1c(C(=O)O)cnc1N1CCCC(NC(=O)OC(C)(C)C)C1. The van der Waals surface area contributed by atoms with Crippen LogP contribution in [-0.2, 0) is 11.3 Å². The smallest absolute Gasteiger partial charge is 0.407 e. The summed E-state index contributed by atoms with van der Waals surface area (Å²) in [5.74, 6) is 5.18. The molecule has 0 aromatic carbocycles. The number of anilines is 1. The third kappa shape index (κ3) is 5.15. The van der Waals surface area contributed by atoms with E-state index in [1.54, 1.807) is 11.5 Å². The molecule has 2 N–H and O–H groups in total. The third-order valence-electron chi connectivity index (χ3n) is 3.89. The fourth-order valence-electron chi connectivity index (χ4n) is 2.85. The number of ether oxygens (including phenoxy) is 1. The number of nitrogens with one attached hydrogen (secondary N) is 1. The Labute approximate surface area is 153 Å². The predicted molar refractivity (Wildman–Crippen MR) is 97.2 cm³/mol. The molecule has 1 aromatic heterocycles. The van der Waals surface area contributed by atoms with Crippen molar-refractivity contribution in [1.29, 1.82) is 0 Å². The molecule has 1 aliphatic rings. The number of piperidine rings is 1. The number of carbonyl (C=O) groups is 2. The number of carbonyl (C=O) groups excluding carboxylic acids is 1. The van der Waals surface area contributed by atoms with Gasteiger partial charge in [-0.15, -0.1) is 5.92 Å². The number of carboxylic acid groups (broad SMARTS) is 1. The number of aromatic carboxylic acids is 1. The quantitative estimate of drug-likeness (QED) is 0.796. The van der Waals surface area contributed by atoms with Crippen molar-refractivity contribution in [2.45, 2.75) is 58.7 Å². The van der Waals surface area contributed by atoms with Gasteiger partial charge < -0.3 is 20.1 Å². The summed E-state index contributed by atoms with van der Waals surface area (Å²) in [7, 11) is 0. The molecule has 8 nitrogen and oxygen atoms in total. The molecule has 0 saturated carbocycles. The van der Waals surface area contributed by atoms with Crippen molar-refractivity contribution in [2.24, 2.45) is 0 Å². The Kier molecular flexibility index (Phi) is 6.14. The fourth-order valence-corrected chi connectivity index (χ4v) is 2.85. The number of alkyl carbamates (subject to hydrolysis) is 1. The summed E-state index contributed by atoms with van der Waals surface area (Å²) >= 11 is 0. The molecule has 0 aliphatic carbocycles. The first-order valence-corrected chi connectivity index (χ1v) is 8.64. The Morgan fingerprint density at radius 1 is 1.46 bits per heavy atom. The molecule has 26 heavy (non-hydrogen) atoms. The van der Waals surface area contributed by atoms with Crippen molar-refractivity contribution in [3.05, 3.63) is 11.9 Å². The minimum absolute atomic E-state index is 0.0886. The molecule has 1 aliphatic heterocycles. The van der Waals surface area contributed by atoms with Crippen molar-refractivity contribution < 1.29 is 19.4 Å². The van der Waals surface area contributed by atoms with Gasteiger partial charge in [0.15, 0.2) is 0 Å². The largest absolute Gasteiger partial charge is 0.477 e. The Hall–Kier alpha value is -2.69. The van der Waals surface area contributed by atoms with Crippen molar-refractivity contribution >= 4 is 18.0 Å². The first-order valence-electron chi connectivity index (χ1n) is 8.64. The van der Waals surface area contributed by atoms with Crippen molar-refractivity contribution in [3.8, 4) is 11.8 Å². The van der Waals surface area contributed by atoms with Crippen molar-refractivity contribution in [1.82, 2.24) is 14.9 Å². The molecule has 0 radical (unpaired) electrons. The zero-order chi connectivity index (χ0) is 19.3. The zero-order valence-corrected chi connectivity index (χ0v) is 15.7. The highest BCUT2D eigenvalue weighted by Gasteiger charge is 2.27. The lowest BCUT2D eigenvalue weighted by molar-refractivity contribution is 0.0499. The number of amides is 1. The normalized spacial score (nSPS) is 17.2. The van der Waals surface area contributed by atoms with Gasteiger partial charge in [-0.05, 0) is 40.5 Å². The molecule has 0 spiro atoms. The van der Waals surface area contributed by atoms with Crippen molar-refractivity contribution in [3.63, 3.8) is 0 Å². The van der Waals surface area contributed by atoms with Crippen LogP contribution < -0.4 is 10.2 Å². The number of rotatable bonds is 4. The molecule has 1 aromatic rings. The molecule has 1 unspecified atom stereocenters. The molecule has 2 rings (SSSR count). The van der Waals surface area contributed by atoms with Crippen LogP contribution in [0.25, 0.3) is 0 Å². The van der Waals surface area contributed by atoms with Crippen LogP contribution >= 0.6 is 0 Å². The monoisotopic (exact) mass is 362 g/mol. The average molecular weight is 362 g/mol. The van der Waals surface area contributed by atoms with E-state index in [0.29, 0.717) is 12.5 Å². The Balaban J connectivity index is 2.12. The number of carboxylic acids is 1. The first kappa shape index (κ1) is 19.6. The molecular formula is C18H26N4O4. The third-order valence-corrected chi connectivity index (χ3v) is 3.89. The summed E-state index contributed by atoms with van der Waals surface area (Å²) in [5.41, 5.74) is -0.450. The molecule has 0 bridgehead atoms. The maximum absolute atomic E-state index is 12.0. The number of hydrogen-bond acceptors (Lipinski definition) is 5. The molecule has 1 saturated heterocycles. The van der Waals surface area contributed by atoms with E-state index >= 15 is 0 Å². The van der Waals surface area contributed by atoms with Crippen molar-refractivity contribution in [2.75, 3.05) is 18.0 Å². The van der Waals surface area contributed by atoms with E-state index in [1.165, 1.54) is 6.20 Å². The van der Waals surface area contributed by atoms with Gasteiger partial charge >= 0.3 is 12.1 Å². The molecular weight excluding hydrogens is 336 g/mol. The Bertz CT molecular complexity index is 724. The second-order valence-corrected chi connectivity index (χ2v) is 7.19. The van der Waals surface area contributed by atoms with E-state index < -0.39 is 17.7 Å². The fraction of sp³-hybridized carbons (Fsp3) is 0.611. The van der Waals surface area contributed by atoms with E-state index in [9.17, 15) is 14.7 Å². The molecule has 1 atom stereocenters. The van der Waals surface area contributed by atoms with Crippen LogP contribution in [0, 0.1) is 11.8 Å². The van der Waals surface area contributed by atoms with Gasteiger partial charge in [0.2, 0.25) is 5.95 Å². The van der Waals surface area contributed by atoms with Gasteiger partial charge in [-0.3, -0.25) is 4.57 Å². The number of nitrogens with zero attached hydrogens (tertiary/aromatic N) is 3. The summed E-state index contributed by atoms with van der Waals surface area (Å²) in [6.45, 7) is 8.69. The van der Waals surface area contributed by atoms with Crippen LogP contribution in [0.4, 0.5) is 10.7 Å². The summed E-state index contributed by atoms with van der Waals surface area (Å²) in [6, 6.07) is -0.0886. The first-order chi connectivity index (χ1) is 12.2. The number of hydrogen-bond donors (Lipinski definition) is 2. The summed E-state index contributed by atoms with van der Waals surface area (Å²) in [4.78, 5) is 29.7. The second-order valence-electron chi connectivity index (χ2n) is 7.19. The summed E-state index contributed by atoms with van der Waals surface area (Å²) < 4.78 is 6.90. The van der Waals surface area contributed by atoms with Gasteiger partial charge in [0.25, 0.3) is 0 Å². The van der Waals surface area contributed by atoms with Crippen LogP contribution in [0.1, 0.15) is 51.0 Å². The van der Waals surface area contributed by atoms with E-state index in [0.717, 1.165) is 19.4 Å². The molecule has 1 amide bonds. The maximum atomic E-state index is 12.0. The summed E-state index contributed by atoms with van der Waals surface area (Å²) in [6.07, 6.45) is 2.59. The van der Waals surface area contributed by atoms with Crippen LogP contribution in [0.5, 0.6) is 0 Å². The number of imidazole rings is 1. The van der Waals surface area contributed by atoms with Gasteiger partial charge in [-0.1, -0.05) is 5.92 Å². The molecule has 2 heterocycles. The van der Waals surface area contributed by atoms with Crippen LogP contribution in [0.3, 0.4) is 0 Å².